The van der Waals surface area contributed by atoms with Crippen molar-refractivity contribution in [3.05, 3.63) is 33.9 Å². The summed E-state index contributed by atoms with van der Waals surface area (Å²) < 4.78 is 5.57. The summed E-state index contributed by atoms with van der Waals surface area (Å²) in [6, 6.07) is 4.10. The van der Waals surface area contributed by atoms with Crippen molar-refractivity contribution in [1.29, 1.82) is 0 Å². The van der Waals surface area contributed by atoms with Crippen molar-refractivity contribution in [2.75, 3.05) is 0 Å². The Bertz CT molecular complexity index is 425. The molecule has 0 fully saturated rings. The molecular weight excluding hydrogens is 226 g/mol. The summed E-state index contributed by atoms with van der Waals surface area (Å²) in [5, 5.41) is 10.8. The van der Waals surface area contributed by atoms with E-state index in [1.54, 1.807) is 0 Å². The molecule has 1 aromatic carbocycles. The van der Waals surface area contributed by atoms with E-state index < -0.39 is 13.2 Å². The normalized spacial score (nSPS) is 10.9. The minimum Gasteiger partial charge on any atom is -0.540 e. The molecule has 5 nitrogen and oxygen atoms in total. The molecule has 0 saturated heterocycles. The molecule has 1 aromatic rings. The van der Waals surface area contributed by atoms with Crippen molar-refractivity contribution in [3.8, 4) is 5.75 Å². The van der Waals surface area contributed by atoms with E-state index >= 15 is 0 Å². The summed E-state index contributed by atoms with van der Waals surface area (Å²) in [7, 11) is -1.93. The van der Waals surface area contributed by atoms with E-state index in [1.807, 2.05) is 19.6 Å². The van der Waals surface area contributed by atoms with E-state index in [0.29, 0.717) is 11.8 Å². The third kappa shape index (κ3) is 3.16. The summed E-state index contributed by atoms with van der Waals surface area (Å²) in [5.74, 6) is 0.175. The minimum absolute atomic E-state index is 0.104. The second kappa shape index (κ2) is 4.44. The number of carbonyl (C=O) groups is 1. The molecule has 6 heteroatoms. The molecule has 0 spiro atoms. The molecule has 0 atom stereocenters. The third-order valence-corrected chi connectivity index (χ3v) is 2.57. The number of carbonyl (C=O) groups excluding carboxylic acids is 1. The fourth-order valence-electron chi connectivity index (χ4n) is 1.17. The van der Waals surface area contributed by atoms with Crippen LogP contribution in [-0.2, 0) is 0 Å². The molecule has 0 aliphatic heterocycles. The fourth-order valence-corrected chi connectivity index (χ4v) is 1.99. The van der Waals surface area contributed by atoms with Crippen LogP contribution in [0.25, 0.3) is 0 Å². The summed E-state index contributed by atoms with van der Waals surface area (Å²) >= 11 is 0. The van der Waals surface area contributed by atoms with Crippen LogP contribution in [0.4, 0.5) is 5.69 Å². The molecule has 0 aliphatic rings. The fraction of sp³-hybridized carbons (Fsp3) is 0.300. The Morgan fingerprint density at radius 1 is 1.38 bits per heavy atom. The summed E-state index contributed by atoms with van der Waals surface area (Å²) in [4.78, 5) is 20.8. The van der Waals surface area contributed by atoms with Gasteiger partial charge < -0.3 is 4.43 Å². The van der Waals surface area contributed by atoms with Crippen LogP contribution < -0.4 is 4.43 Å². The van der Waals surface area contributed by atoms with Gasteiger partial charge in [-0.2, -0.15) is 0 Å². The van der Waals surface area contributed by atoms with Gasteiger partial charge in [0.25, 0.3) is 0 Å². The van der Waals surface area contributed by atoms with Gasteiger partial charge >= 0.3 is 5.69 Å². The summed E-state index contributed by atoms with van der Waals surface area (Å²) in [6.07, 6.45) is 0.640. The Balaban J connectivity index is 3.20. The lowest BCUT2D eigenvalue weighted by Gasteiger charge is -2.18. The van der Waals surface area contributed by atoms with Gasteiger partial charge in [-0.05, 0) is 31.8 Å². The molecule has 0 unspecified atom stereocenters. The van der Waals surface area contributed by atoms with Crippen molar-refractivity contribution in [2.45, 2.75) is 19.6 Å². The Kier molecular flexibility index (Phi) is 3.43. The number of aldehydes is 1. The van der Waals surface area contributed by atoms with Gasteiger partial charge in [-0.15, -0.1) is 0 Å². The lowest BCUT2D eigenvalue weighted by Crippen LogP contribution is -2.29. The maximum absolute atomic E-state index is 10.8. The van der Waals surface area contributed by atoms with Crippen LogP contribution in [0, 0.1) is 10.1 Å². The molecule has 0 aliphatic carbocycles. The first-order valence-corrected chi connectivity index (χ1v) is 8.17. The van der Waals surface area contributed by atoms with Crippen LogP contribution in [0.3, 0.4) is 0 Å². The zero-order valence-corrected chi connectivity index (χ0v) is 10.4. The molecule has 0 bridgehead atoms. The molecule has 1 rings (SSSR count). The first-order valence-electron chi connectivity index (χ1n) is 4.76. The maximum Gasteiger partial charge on any atom is 0.309 e. The zero-order valence-electron chi connectivity index (χ0n) is 9.39. The molecule has 0 saturated carbocycles. The quantitative estimate of drug-likeness (QED) is 0.350. The molecule has 86 valence electrons. The van der Waals surface area contributed by atoms with Crippen molar-refractivity contribution in [1.82, 2.24) is 0 Å². The Morgan fingerprint density at radius 3 is 2.44 bits per heavy atom. The van der Waals surface area contributed by atoms with Gasteiger partial charge in [0.15, 0.2) is 5.75 Å². The van der Waals surface area contributed by atoms with E-state index in [4.69, 9.17) is 4.43 Å². The van der Waals surface area contributed by atoms with Gasteiger partial charge in [0.1, 0.15) is 6.29 Å². The Hall–Kier alpha value is -1.69. The first kappa shape index (κ1) is 12.4. The molecular formula is C10H13NO4Si. The summed E-state index contributed by atoms with van der Waals surface area (Å²) in [5.41, 5.74) is 0.270. The smallest absolute Gasteiger partial charge is 0.309 e. The Morgan fingerprint density at radius 2 is 2.00 bits per heavy atom. The van der Waals surface area contributed by atoms with Crippen LogP contribution in [0.15, 0.2) is 18.2 Å². The van der Waals surface area contributed by atoms with Gasteiger partial charge in [-0.1, -0.05) is 0 Å². The molecule has 0 heterocycles. The largest absolute Gasteiger partial charge is 0.540 e. The highest BCUT2D eigenvalue weighted by Crippen LogP contribution is 2.29. The zero-order chi connectivity index (χ0) is 12.3. The maximum atomic E-state index is 10.8. The first-order chi connectivity index (χ1) is 7.33. The lowest BCUT2D eigenvalue weighted by atomic mass is 10.2. The SMILES string of the molecule is C[Si](C)(C)Oc1cc(C=O)ccc1[N+](=O)[O-]. The van der Waals surface area contributed by atoms with Crippen LogP contribution in [0.2, 0.25) is 19.6 Å². The minimum atomic E-state index is -1.93. The molecule has 0 amide bonds. The van der Waals surface area contributed by atoms with E-state index in [1.165, 1.54) is 18.2 Å². The number of nitro benzene ring substituents is 1. The number of nitro groups is 1. The van der Waals surface area contributed by atoms with Gasteiger partial charge in [0.2, 0.25) is 8.32 Å². The predicted octanol–water partition coefficient (Wildman–Crippen LogP) is 2.62. The second-order valence-electron chi connectivity index (χ2n) is 4.32. The third-order valence-electron chi connectivity index (χ3n) is 1.73. The number of hydrogen-bond donors (Lipinski definition) is 0. The van der Waals surface area contributed by atoms with E-state index in [9.17, 15) is 14.9 Å². The van der Waals surface area contributed by atoms with E-state index in [2.05, 4.69) is 0 Å². The van der Waals surface area contributed by atoms with Gasteiger partial charge in [-0.25, -0.2) is 0 Å². The topological polar surface area (TPSA) is 69.4 Å². The van der Waals surface area contributed by atoms with E-state index in [-0.39, 0.29) is 11.4 Å². The number of rotatable bonds is 4. The van der Waals surface area contributed by atoms with Gasteiger partial charge in [0, 0.05) is 11.6 Å². The molecule has 16 heavy (non-hydrogen) atoms. The standard InChI is InChI=1S/C10H13NO4Si/c1-16(2,3)15-10-6-8(7-12)4-5-9(10)11(13)14/h4-7H,1-3H3. The average molecular weight is 239 g/mol. The van der Waals surface area contributed by atoms with Crippen LogP contribution >= 0.6 is 0 Å². The van der Waals surface area contributed by atoms with Crippen molar-refractivity contribution >= 4 is 20.3 Å². The predicted molar refractivity (Wildman–Crippen MR) is 62.5 cm³/mol. The van der Waals surface area contributed by atoms with Crippen molar-refractivity contribution < 1.29 is 14.1 Å². The van der Waals surface area contributed by atoms with Crippen LogP contribution in [0.1, 0.15) is 10.4 Å². The monoisotopic (exact) mass is 239 g/mol. The van der Waals surface area contributed by atoms with Crippen LogP contribution in [-0.4, -0.2) is 19.5 Å². The number of hydrogen-bond acceptors (Lipinski definition) is 4. The molecule has 0 aromatic heterocycles. The van der Waals surface area contributed by atoms with Gasteiger partial charge in [-0.3, -0.25) is 14.9 Å². The summed E-state index contributed by atoms with van der Waals surface area (Å²) in [6.45, 7) is 5.76. The number of benzene rings is 1. The van der Waals surface area contributed by atoms with Crippen LogP contribution in [0.5, 0.6) is 5.75 Å². The van der Waals surface area contributed by atoms with Crippen molar-refractivity contribution in [2.24, 2.45) is 0 Å². The highest BCUT2D eigenvalue weighted by Gasteiger charge is 2.23. The highest BCUT2D eigenvalue weighted by molar-refractivity contribution is 6.70. The lowest BCUT2D eigenvalue weighted by molar-refractivity contribution is -0.385. The van der Waals surface area contributed by atoms with Crippen molar-refractivity contribution in [3.63, 3.8) is 0 Å². The highest BCUT2D eigenvalue weighted by atomic mass is 28.4. The Labute approximate surface area is 94.3 Å². The van der Waals surface area contributed by atoms with Gasteiger partial charge in [0.05, 0.1) is 4.92 Å². The molecule has 0 radical (unpaired) electrons. The number of nitrogens with zero attached hydrogens (tertiary/aromatic N) is 1. The average Bonchev–Trinajstić information content (AvgIpc) is 2.14. The molecule has 0 N–H and O–H groups in total. The van der Waals surface area contributed by atoms with E-state index in [0.717, 1.165) is 0 Å². The second-order valence-corrected chi connectivity index (χ2v) is 8.75.